The van der Waals surface area contributed by atoms with Gasteiger partial charge >= 0.3 is 5.97 Å². The van der Waals surface area contributed by atoms with Crippen molar-refractivity contribution in [3.05, 3.63) is 33.8 Å². The Morgan fingerprint density at radius 2 is 2.19 bits per heavy atom. The maximum absolute atomic E-state index is 11.1. The number of carbonyl (C=O) groups is 1. The summed E-state index contributed by atoms with van der Waals surface area (Å²) in [5.41, 5.74) is 2.24. The summed E-state index contributed by atoms with van der Waals surface area (Å²) in [6.07, 6.45) is 2.47. The average molecular weight is 350 g/mol. The van der Waals surface area contributed by atoms with Crippen molar-refractivity contribution in [2.24, 2.45) is 0 Å². The third-order valence-electron chi connectivity index (χ3n) is 2.28. The van der Waals surface area contributed by atoms with Gasteiger partial charge in [-0.25, -0.2) is 0 Å². The molecule has 0 spiro atoms. The molecule has 0 aliphatic rings. The smallest absolute Gasteiger partial charge is 0.310 e. The van der Waals surface area contributed by atoms with Crippen molar-refractivity contribution in [2.75, 3.05) is 12.4 Å². The van der Waals surface area contributed by atoms with Crippen molar-refractivity contribution >= 4 is 37.8 Å². The molecule has 1 aromatic carbocycles. The number of rotatable bonds is 5. The monoisotopic (exact) mass is 348 g/mol. The first-order valence-electron chi connectivity index (χ1n) is 5.07. The molecule has 4 heteroatoms. The fourth-order valence-electron chi connectivity index (χ4n) is 1.39. The van der Waals surface area contributed by atoms with Crippen LogP contribution in [-0.4, -0.2) is 18.4 Å². The number of alkyl halides is 1. The van der Waals surface area contributed by atoms with Crippen LogP contribution in [0, 0.1) is 0 Å². The van der Waals surface area contributed by atoms with Crippen LogP contribution < -0.4 is 0 Å². The molecule has 88 valence electrons. The zero-order chi connectivity index (χ0) is 12.0. The van der Waals surface area contributed by atoms with E-state index in [2.05, 4.69) is 48.7 Å². The molecule has 0 saturated carbocycles. The first-order chi connectivity index (χ1) is 7.67. The van der Waals surface area contributed by atoms with Gasteiger partial charge in [-0.05, 0) is 30.0 Å². The second-order valence-electron chi connectivity index (χ2n) is 3.47. The zero-order valence-electron chi connectivity index (χ0n) is 9.13. The predicted molar refractivity (Wildman–Crippen MR) is 72.0 cm³/mol. The molecule has 0 atom stereocenters. The van der Waals surface area contributed by atoms with Gasteiger partial charge in [0.1, 0.15) is 0 Å². The molecule has 0 saturated heterocycles. The molecule has 0 aliphatic carbocycles. The van der Waals surface area contributed by atoms with Gasteiger partial charge in [0.25, 0.3) is 0 Å². The third-order valence-corrected chi connectivity index (χ3v) is 3.58. The van der Waals surface area contributed by atoms with Gasteiger partial charge in [0.15, 0.2) is 0 Å². The van der Waals surface area contributed by atoms with Crippen LogP contribution in [0.25, 0.3) is 0 Å². The molecule has 2 nitrogen and oxygen atoms in total. The van der Waals surface area contributed by atoms with Gasteiger partial charge in [-0.15, -0.1) is 0 Å². The molecule has 0 aromatic heterocycles. The molecule has 0 radical (unpaired) electrons. The second kappa shape index (κ2) is 7.07. The Morgan fingerprint density at radius 1 is 1.44 bits per heavy atom. The summed E-state index contributed by atoms with van der Waals surface area (Å²) in [7, 11) is 1.40. The average Bonchev–Trinajstić information content (AvgIpc) is 2.29. The number of esters is 1. The summed E-state index contributed by atoms with van der Waals surface area (Å²) < 4.78 is 5.62. The molecule has 0 fully saturated rings. The van der Waals surface area contributed by atoms with Crippen molar-refractivity contribution in [1.29, 1.82) is 0 Å². The second-order valence-corrected chi connectivity index (χ2v) is 5.12. The Hall–Kier alpha value is -0.350. The molecule has 0 bridgehead atoms. The largest absolute Gasteiger partial charge is 0.469 e. The van der Waals surface area contributed by atoms with E-state index in [-0.39, 0.29) is 5.97 Å². The minimum atomic E-state index is -0.214. The van der Waals surface area contributed by atoms with Crippen LogP contribution in [0.3, 0.4) is 0 Å². The molecule has 0 amide bonds. The van der Waals surface area contributed by atoms with Crippen LogP contribution in [0.2, 0.25) is 0 Å². The highest BCUT2D eigenvalue weighted by Crippen LogP contribution is 2.20. The summed E-state index contributed by atoms with van der Waals surface area (Å²) in [5.74, 6) is -0.214. The molecule has 1 rings (SSSR count). The van der Waals surface area contributed by atoms with Crippen LogP contribution in [-0.2, 0) is 22.4 Å². The van der Waals surface area contributed by atoms with Crippen molar-refractivity contribution in [2.45, 2.75) is 19.3 Å². The van der Waals surface area contributed by atoms with E-state index in [1.807, 2.05) is 6.07 Å². The first-order valence-corrected chi connectivity index (χ1v) is 6.99. The van der Waals surface area contributed by atoms with Crippen molar-refractivity contribution in [3.63, 3.8) is 0 Å². The van der Waals surface area contributed by atoms with Gasteiger partial charge in [0.05, 0.1) is 13.5 Å². The Balaban J connectivity index is 2.71. The summed E-state index contributed by atoms with van der Waals surface area (Å²) in [6, 6.07) is 6.11. The fourth-order valence-corrected chi connectivity index (χ4v) is 2.24. The number of hydrogen-bond donors (Lipinski definition) is 0. The van der Waals surface area contributed by atoms with E-state index in [4.69, 9.17) is 0 Å². The molecule has 1 aromatic rings. The van der Waals surface area contributed by atoms with Crippen molar-refractivity contribution < 1.29 is 9.53 Å². The van der Waals surface area contributed by atoms with Gasteiger partial charge in [-0.3, -0.25) is 4.79 Å². The first kappa shape index (κ1) is 13.7. The number of benzene rings is 1. The normalized spacial score (nSPS) is 10.2. The fraction of sp³-hybridized carbons (Fsp3) is 0.417. The van der Waals surface area contributed by atoms with Gasteiger partial charge in [0.2, 0.25) is 0 Å². The number of halogens is 2. The molecule has 16 heavy (non-hydrogen) atoms. The number of ether oxygens (including phenoxy) is 1. The summed E-state index contributed by atoms with van der Waals surface area (Å²) in [6.45, 7) is 0. The Bertz CT molecular complexity index is 364. The maximum atomic E-state index is 11.1. The lowest BCUT2D eigenvalue weighted by Crippen LogP contribution is -2.05. The summed E-state index contributed by atoms with van der Waals surface area (Å²) in [5, 5.41) is 1.01. The lowest BCUT2D eigenvalue weighted by Gasteiger charge is -2.06. The van der Waals surface area contributed by atoms with E-state index in [0.29, 0.717) is 6.42 Å². The molecule has 0 aliphatic heterocycles. The lowest BCUT2D eigenvalue weighted by molar-refractivity contribution is -0.139. The maximum Gasteiger partial charge on any atom is 0.310 e. The Labute approximate surface area is 113 Å². The molecular weight excluding hydrogens is 336 g/mol. The van der Waals surface area contributed by atoms with E-state index in [1.54, 1.807) is 0 Å². The third kappa shape index (κ3) is 4.26. The number of aryl methyl sites for hydroxylation is 1. The molecule has 0 heterocycles. The zero-order valence-corrected chi connectivity index (χ0v) is 12.3. The topological polar surface area (TPSA) is 26.3 Å². The summed E-state index contributed by atoms with van der Waals surface area (Å²) >= 11 is 6.89. The lowest BCUT2D eigenvalue weighted by atomic mass is 10.1. The highest BCUT2D eigenvalue weighted by molar-refractivity contribution is 9.10. The van der Waals surface area contributed by atoms with Gasteiger partial charge < -0.3 is 4.74 Å². The van der Waals surface area contributed by atoms with Gasteiger partial charge in [0, 0.05) is 9.80 Å². The van der Waals surface area contributed by atoms with Crippen LogP contribution >= 0.6 is 31.9 Å². The minimum absolute atomic E-state index is 0.214. The SMILES string of the molecule is COC(=O)Cc1ccc(CCCBr)cc1Br. The van der Waals surface area contributed by atoms with Crippen LogP contribution in [0.4, 0.5) is 0 Å². The highest BCUT2D eigenvalue weighted by atomic mass is 79.9. The van der Waals surface area contributed by atoms with Gasteiger partial charge in [-0.2, -0.15) is 0 Å². The molecule has 0 unspecified atom stereocenters. The highest BCUT2D eigenvalue weighted by Gasteiger charge is 2.07. The van der Waals surface area contributed by atoms with Crippen molar-refractivity contribution in [1.82, 2.24) is 0 Å². The van der Waals surface area contributed by atoms with Crippen molar-refractivity contribution in [3.8, 4) is 0 Å². The van der Waals surface area contributed by atoms with Gasteiger partial charge in [-0.1, -0.05) is 44.0 Å². The standard InChI is InChI=1S/C12H14Br2O2/c1-16-12(15)8-10-5-4-9(3-2-6-13)7-11(10)14/h4-5,7H,2-3,6,8H2,1H3. The van der Waals surface area contributed by atoms with Crippen LogP contribution in [0.5, 0.6) is 0 Å². The quantitative estimate of drug-likeness (QED) is 0.600. The van der Waals surface area contributed by atoms with Crippen LogP contribution in [0.1, 0.15) is 17.5 Å². The number of carbonyl (C=O) groups excluding carboxylic acids is 1. The molecule has 0 N–H and O–H groups in total. The van der Waals surface area contributed by atoms with E-state index in [0.717, 1.165) is 28.2 Å². The van der Waals surface area contributed by atoms with E-state index >= 15 is 0 Å². The summed E-state index contributed by atoms with van der Waals surface area (Å²) in [4.78, 5) is 11.1. The van der Waals surface area contributed by atoms with E-state index < -0.39 is 0 Å². The van der Waals surface area contributed by atoms with E-state index in [1.165, 1.54) is 12.7 Å². The predicted octanol–water partition coefficient (Wildman–Crippen LogP) is 3.49. The number of hydrogen-bond acceptors (Lipinski definition) is 2. The minimum Gasteiger partial charge on any atom is -0.469 e. The Kier molecular flexibility index (Phi) is 6.06. The molecular formula is C12H14Br2O2. The van der Waals surface area contributed by atoms with Crippen LogP contribution in [0.15, 0.2) is 22.7 Å². The number of methoxy groups -OCH3 is 1. The van der Waals surface area contributed by atoms with E-state index in [9.17, 15) is 4.79 Å². The Morgan fingerprint density at radius 3 is 2.75 bits per heavy atom.